The Hall–Kier alpha value is -3.15. The predicted octanol–water partition coefficient (Wildman–Crippen LogP) is 13.5. The summed E-state index contributed by atoms with van der Waals surface area (Å²) in [7, 11) is 12.6. The molecular formula is C59H90IN5OS2. The number of rotatable bonds is 28. The van der Waals surface area contributed by atoms with Crippen molar-refractivity contribution < 1.29 is 24.0 Å². The Morgan fingerprint density at radius 3 is 1.21 bits per heavy atom. The molecule has 2 aromatic rings. The molecule has 0 saturated carbocycles. The number of aryl methyl sites for hydroxylation is 2. The highest BCUT2D eigenvalue weighted by Crippen LogP contribution is 2.34. The first-order valence-corrected chi connectivity index (χ1v) is 27.8. The first-order valence-electron chi connectivity index (χ1n) is 26.2. The SMILES string of the molecule is C.CCCCCCCCCCCCCCCCCc1cc2nc3ccc(N(C)C)cc3sc-2cc1=[N+](C)C.CCCCCCCCCCCc1cc2nc3ccc(N(C)C)cc3sc-2cc1=O.[I-]. The molecule has 9 heteroatoms. The number of hydrogen-bond donors (Lipinski definition) is 0. The van der Waals surface area contributed by atoms with E-state index in [1.165, 1.54) is 174 Å². The molecule has 4 aliphatic rings. The molecule has 0 spiro atoms. The Balaban J connectivity index is 0.000000359. The van der Waals surface area contributed by atoms with Gasteiger partial charge in [-0.15, -0.1) is 22.7 Å². The lowest BCUT2D eigenvalue weighted by Crippen LogP contribution is -3.00. The molecule has 2 aromatic carbocycles. The normalized spacial score (nSPS) is 11.1. The van der Waals surface area contributed by atoms with Crippen LogP contribution in [0.25, 0.3) is 41.6 Å². The van der Waals surface area contributed by atoms with Gasteiger partial charge in [-0.3, -0.25) is 4.79 Å². The highest BCUT2D eigenvalue weighted by atomic mass is 127. The molecule has 0 aromatic heterocycles. The molecule has 0 fully saturated rings. The van der Waals surface area contributed by atoms with Crippen molar-refractivity contribution in [1.29, 1.82) is 0 Å². The Morgan fingerprint density at radius 1 is 0.471 bits per heavy atom. The number of halogens is 1. The lowest BCUT2D eigenvalue weighted by atomic mass is 10.0. The fourth-order valence-corrected chi connectivity index (χ4v) is 11.1. The van der Waals surface area contributed by atoms with E-state index in [0.717, 1.165) is 62.5 Å². The van der Waals surface area contributed by atoms with Gasteiger partial charge >= 0.3 is 0 Å². The highest BCUT2D eigenvalue weighted by Gasteiger charge is 2.15. The second-order valence-corrected chi connectivity index (χ2v) is 21.7. The molecule has 6 rings (SSSR count). The van der Waals surface area contributed by atoms with E-state index in [0.29, 0.717) is 0 Å². The summed E-state index contributed by atoms with van der Waals surface area (Å²) in [5.41, 5.74) is 9.09. The summed E-state index contributed by atoms with van der Waals surface area (Å²) >= 11 is 3.52. The standard InChI is InChI=1S/C33H52N3S.C25H34N2OS.CH4.HI/c1-6-7-8-9-10-11-12-13-14-15-16-17-18-19-20-21-27-24-30-33(26-31(27)36(4)5)37-32-25-28(35(2)3)22-23-29(32)34-30;1-4-5-6-7-8-9-10-11-12-13-19-16-22-25(18-23(19)28)29-24-17-20(27(2)3)14-15-21(24)26-22;;/h22-26H,6-21H2,1-5H3;14-18H,4-13H2,1-3H3;1H4;1H/q+1;;;/p-1. The molecule has 6 nitrogen and oxygen atoms in total. The summed E-state index contributed by atoms with van der Waals surface area (Å²) < 4.78 is 4.64. The van der Waals surface area contributed by atoms with Gasteiger partial charge in [0, 0.05) is 62.8 Å². The van der Waals surface area contributed by atoms with Crippen LogP contribution < -0.4 is 49.1 Å². The maximum absolute atomic E-state index is 12.6. The molecule has 0 unspecified atom stereocenters. The molecule has 376 valence electrons. The average Bonchev–Trinajstić information content (AvgIpc) is 3.30. The van der Waals surface area contributed by atoms with Gasteiger partial charge in [0.25, 0.3) is 0 Å². The van der Waals surface area contributed by atoms with Gasteiger partial charge in [0.2, 0.25) is 5.36 Å². The second kappa shape index (κ2) is 32.7. The highest BCUT2D eigenvalue weighted by molar-refractivity contribution is 7.21. The van der Waals surface area contributed by atoms with Gasteiger partial charge in [-0.25, -0.2) is 14.5 Å². The Morgan fingerprint density at radius 2 is 0.824 bits per heavy atom. The Labute approximate surface area is 438 Å². The van der Waals surface area contributed by atoms with Crippen LogP contribution in [-0.4, -0.2) is 52.3 Å². The molecule has 2 aliphatic carbocycles. The monoisotopic (exact) mass is 1080 g/mol. The van der Waals surface area contributed by atoms with E-state index in [1.807, 2.05) is 31.5 Å². The number of anilines is 2. The molecule has 0 atom stereocenters. The summed E-state index contributed by atoms with van der Waals surface area (Å²) in [6.07, 6.45) is 34.9. The molecule has 0 radical (unpaired) electrons. The van der Waals surface area contributed by atoms with E-state index in [4.69, 9.17) is 9.97 Å². The van der Waals surface area contributed by atoms with Gasteiger partial charge in [0.05, 0.1) is 41.6 Å². The smallest absolute Gasteiger partial charge is 0.204 e. The van der Waals surface area contributed by atoms with E-state index in [2.05, 4.69) is 105 Å². The average molecular weight is 1080 g/mol. The van der Waals surface area contributed by atoms with Crippen LogP contribution in [0.2, 0.25) is 0 Å². The van der Waals surface area contributed by atoms with E-state index in [-0.39, 0.29) is 36.8 Å². The van der Waals surface area contributed by atoms with Crippen LogP contribution in [0.5, 0.6) is 0 Å². The van der Waals surface area contributed by atoms with Crippen LogP contribution >= 0.6 is 22.7 Å². The fraction of sp³-hybridized carbons (Fsp3) is 0.593. The van der Waals surface area contributed by atoms with Crippen molar-refractivity contribution in [2.45, 2.75) is 188 Å². The quantitative estimate of drug-likeness (QED) is 0.0212. The lowest BCUT2D eigenvalue weighted by molar-refractivity contribution is -0.0000143. The summed E-state index contributed by atoms with van der Waals surface area (Å²) in [6, 6.07) is 21.4. The predicted molar refractivity (Wildman–Crippen MR) is 301 cm³/mol. The van der Waals surface area contributed by atoms with Crippen molar-refractivity contribution in [2.24, 2.45) is 0 Å². The number of unbranched alkanes of at least 4 members (excludes halogenated alkanes) is 22. The minimum atomic E-state index is 0. The Bertz CT molecular complexity index is 2400. The molecule has 2 heterocycles. The summed E-state index contributed by atoms with van der Waals surface area (Å²) in [5.74, 6) is 0. The van der Waals surface area contributed by atoms with Crippen LogP contribution in [0.3, 0.4) is 0 Å². The second-order valence-electron chi connectivity index (χ2n) is 19.6. The number of benzene rings is 4. The van der Waals surface area contributed by atoms with Crippen molar-refractivity contribution >= 4 is 54.5 Å². The van der Waals surface area contributed by atoms with Crippen LogP contribution in [0.1, 0.15) is 187 Å². The van der Waals surface area contributed by atoms with E-state index >= 15 is 0 Å². The van der Waals surface area contributed by atoms with E-state index < -0.39 is 0 Å². The van der Waals surface area contributed by atoms with Gasteiger partial charge in [0.1, 0.15) is 14.1 Å². The van der Waals surface area contributed by atoms with Crippen molar-refractivity contribution in [2.75, 3.05) is 52.1 Å². The van der Waals surface area contributed by atoms with Crippen LogP contribution in [0, 0.1) is 0 Å². The number of nitrogens with zero attached hydrogens (tertiary/aromatic N) is 5. The fourth-order valence-electron chi connectivity index (χ4n) is 9.06. The lowest BCUT2D eigenvalue weighted by Gasteiger charge is -2.14. The van der Waals surface area contributed by atoms with E-state index in [1.54, 1.807) is 17.4 Å². The van der Waals surface area contributed by atoms with Crippen molar-refractivity contribution in [3.63, 3.8) is 0 Å². The zero-order valence-corrected chi connectivity index (χ0v) is 46.8. The van der Waals surface area contributed by atoms with Gasteiger partial charge in [0.15, 0.2) is 5.43 Å². The molecule has 68 heavy (non-hydrogen) atoms. The van der Waals surface area contributed by atoms with Gasteiger partial charge < -0.3 is 33.8 Å². The molecule has 0 saturated heterocycles. The van der Waals surface area contributed by atoms with Crippen LogP contribution in [-0.2, 0) is 12.8 Å². The largest absolute Gasteiger partial charge is 1.00 e. The van der Waals surface area contributed by atoms with Gasteiger partial charge in [-0.1, -0.05) is 163 Å². The topological polar surface area (TPSA) is 52.3 Å². The first kappa shape index (κ1) is 59.2. The molecule has 2 aliphatic heterocycles. The third-order valence-electron chi connectivity index (χ3n) is 13.2. The van der Waals surface area contributed by atoms with Crippen molar-refractivity contribution in [3.05, 3.63) is 87.4 Å². The van der Waals surface area contributed by atoms with Crippen molar-refractivity contribution in [3.8, 4) is 21.1 Å². The summed E-state index contributed by atoms with van der Waals surface area (Å²) in [5, 5.41) is 1.35. The zero-order chi connectivity index (χ0) is 47.1. The number of fused-ring (bicyclic) bond motifs is 4. The maximum Gasteiger partial charge on any atom is 0.204 e. The van der Waals surface area contributed by atoms with Gasteiger partial charge in [-0.05, 0) is 74.2 Å². The molecular weight excluding hydrogens is 986 g/mol. The number of hydrogen-bond acceptors (Lipinski definition) is 7. The molecule has 0 amide bonds. The van der Waals surface area contributed by atoms with Crippen molar-refractivity contribution in [1.82, 2.24) is 14.5 Å². The Kier molecular flexibility index (Phi) is 28.4. The van der Waals surface area contributed by atoms with Crippen LogP contribution in [0.4, 0.5) is 11.4 Å². The number of aromatic nitrogens is 2. The van der Waals surface area contributed by atoms with E-state index in [9.17, 15) is 4.79 Å². The van der Waals surface area contributed by atoms with Crippen LogP contribution in [0.15, 0.2) is 65.5 Å². The summed E-state index contributed by atoms with van der Waals surface area (Å²) in [4.78, 5) is 28.9. The first-order chi connectivity index (χ1) is 32.1. The minimum absolute atomic E-state index is 0. The molecule has 0 N–H and O–H groups in total. The third kappa shape index (κ3) is 19.6. The third-order valence-corrected chi connectivity index (χ3v) is 15.4. The minimum Gasteiger partial charge on any atom is -1.00 e. The maximum atomic E-state index is 12.6. The molecule has 0 bridgehead atoms. The summed E-state index contributed by atoms with van der Waals surface area (Å²) in [6.45, 7) is 4.56. The zero-order valence-electron chi connectivity index (χ0n) is 43.0. The van der Waals surface area contributed by atoms with Gasteiger partial charge in [-0.2, -0.15) is 0 Å².